The number of rotatable bonds is 4. The van der Waals surface area contributed by atoms with Crippen LogP contribution in [0, 0.1) is 6.92 Å². The van der Waals surface area contributed by atoms with Crippen molar-refractivity contribution in [1.29, 1.82) is 0 Å². The molecule has 0 atom stereocenters. The minimum absolute atomic E-state index is 0.0646. The van der Waals surface area contributed by atoms with Crippen LogP contribution in [-0.4, -0.2) is 40.2 Å². The van der Waals surface area contributed by atoms with Gasteiger partial charge < -0.3 is 15.3 Å². The van der Waals surface area contributed by atoms with Crippen molar-refractivity contribution in [3.8, 4) is 0 Å². The van der Waals surface area contributed by atoms with Gasteiger partial charge >= 0.3 is 5.97 Å². The summed E-state index contributed by atoms with van der Waals surface area (Å²) in [5.41, 5.74) is -0.0646. The molecule has 1 aromatic heterocycles. The Hall–Kier alpha value is -1.85. The first-order chi connectivity index (χ1) is 8.20. The van der Waals surface area contributed by atoms with E-state index in [1.165, 1.54) is 0 Å². The molecule has 0 spiro atoms. The summed E-state index contributed by atoms with van der Waals surface area (Å²) in [5, 5.41) is 11.4. The second kappa shape index (κ2) is 5.20. The van der Waals surface area contributed by atoms with E-state index in [1.807, 2.05) is 11.9 Å². The maximum Gasteiger partial charge on any atom is 0.322 e. The molecule has 1 heterocycles. The molecular formula is C12H20N4O2. The first kappa shape index (κ1) is 14.2. The number of aromatic nitrogens is 2. The quantitative estimate of drug-likeness (QED) is 0.845. The van der Waals surface area contributed by atoms with Crippen molar-refractivity contribution in [2.24, 2.45) is 0 Å². The molecule has 0 saturated carbocycles. The summed E-state index contributed by atoms with van der Waals surface area (Å²) in [4.78, 5) is 21.1. The van der Waals surface area contributed by atoms with Gasteiger partial charge in [0.25, 0.3) is 0 Å². The molecule has 6 nitrogen and oxygen atoms in total. The lowest BCUT2D eigenvalue weighted by molar-refractivity contribution is -0.134. The van der Waals surface area contributed by atoms with E-state index >= 15 is 0 Å². The van der Waals surface area contributed by atoms with Crippen molar-refractivity contribution in [2.75, 3.05) is 23.8 Å². The molecule has 18 heavy (non-hydrogen) atoms. The van der Waals surface area contributed by atoms with Crippen LogP contribution in [0.2, 0.25) is 0 Å². The molecule has 0 unspecified atom stereocenters. The van der Waals surface area contributed by atoms with Gasteiger partial charge in [-0.2, -0.15) is 0 Å². The van der Waals surface area contributed by atoms with Gasteiger partial charge in [-0.05, 0) is 27.7 Å². The van der Waals surface area contributed by atoms with Crippen molar-refractivity contribution in [2.45, 2.75) is 33.2 Å². The molecule has 0 fully saturated rings. The highest BCUT2D eigenvalue weighted by Gasteiger charge is 2.19. The first-order valence-electron chi connectivity index (χ1n) is 5.75. The Bertz CT molecular complexity index is 440. The summed E-state index contributed by atoms with van der Waals surface area (Å²) in [6, 6.07) is 1.75. The zero-order valence-corrected chi connectivity index (χ0v) is 11.5. The lowest BCUT2D eigenvalue weighted by atomic mass is 10.1. The predicted octanol–water partition coefficient (Wildman–Crippen LogP) is 1.52. The standard InChI is InChI=1S/C12H20N4O2/c1-8-14-9(13-7-11(17)18)6-10(15-8)16(5)12(2,3)4/h6H,7H2,1-5H3,(H,17,18)(H,13,14,15). The van der Waals surface area contributed by atoms with Gasteiger partial charge in [-0.15, -0.1) is 0 Å². The summed E-state index contributed by atoms with van der Waals surface area (Å²) in [6.45, 7) is 7.86. The van der Waals surface area contributed by atoms with E-state index in [2.05, 4.69) is 36.1 Å². The smallest absolute Gasteiger partial charge is 0.322 e. The second-order valence-corrected chi connectivity index (χ2v) is 5.14. The third-order valence-electron chi connectivity index (χ3n) is 2.60. The highest BCUT2D eigenvalue weighted by Crippen LogP contribution is 2.21. The van der Waals surface area contributed by atoms with Crippen molar-refractivity contribution in [3.05, 3.63) is 11.9 Å². The fourth-order valence-electron chi connectivity index (χ4n) is 1.32. The number of anilines is 2. The monoisotopic (exact) mass is 252 g/mol. The fourth-order valence-corrected chi connectivity index (χ4v) is 1.32. The predicted molar refractivity (Wildman–Crippen MR) is 71.1 cm³/mol. The van der Waals surface area contributed by atoms with Crippen LogP contribution < -0.4 is 10.2 Å². The molecule has 0 aliphatic carbocycles. The maximum absolute atomic E-state index is 10.5. The molecule has 6 heteroatoms. The van der Waals surface area contributed by atoms with Gasteiger partial charge in [-0.1, -0.05) is 0 Å². The van der Waals surface area contributed by atoms with Gasteiger partial charge in [0.1, 0.15) is 24.0 Å². The number of aliphatic carboxylic acids is 1. The van der Waals surface area contributed by atoms with Gasteiger partial charge in [0.15, 0.2) is 0 Å². The van der Waals surface area contributed by atoms with E-state index in [1.54, 1.807) is 13.0 Å². The van der Waals surface area contributed by atoms with Crippen LogP contribution in [0.1, 0.15) is 26.6 Å². The van der Waals surface area contributed by atoms with Gasteiger partial charge in [0, 0.05) is 18.7 Å². The molecule has 0 aliphatic rings. The second-order valence-electron chi connectivity index (χ2n) is 5.14. The Morgan fingerprint density at radius 1 is 1.44 bits per heavy atom. The Morgan fingerprint density at radius 3 is 2.56 bits per heavy atom. The lowest BCUT2D eigenvalue weighted by Gasteiger charge is -2.33. The third kappa shape index (κ3) is 3.87. The molecule has 2 N–H and O–H groups in total. The Labute approximate surface area is 107 Å². The molecule has 1 aromatic rings. The SMILES string of the molecule is Cc1nc(NCC(=O)O)cc(N(C)C(C)(C)C)n1. The highest BCUT2D eigenvalue weighted by atomic mass is 16.4. The van der Waals surface area contributed by atoms with Crippen molar-refractivity contribution < 1.29 is 9.90 Å². The molecule has 100 valence electrons. The Morgan fingerprint density at radius 2 is 2.06 bits per heavy atom. The van der Waals surface area contributed by atoms with Crippen LogP contribution in [-0.2, 0) is 4.79 Å². The third-order valence-corrected chi connectivity index (χ3v) is 2.60. The number of hydrogen-bond acceptors (Lipinski definition) is 5. The molecule has 0 aliphatic heterocycles. The van der Waals surface area contributed by atoms with Crippen LogP contribution >= 0.6 is 0 Å². The van der Waals surface area contributed by atoms with E-state index < -0.39 is 5.97 Å². The zero-order chi connectivity index (χ0) is 13.9. The molecule has 0 radical (unpaired) electrons. The molecule has 0 saturated heterocycles. The van der Waals surface area contributed by atoms with Crippen molar-refractivity contribution in [1.82, 2.24) is 9.97 Å². The maximum atomic E-state index is 10.5. The number of carboxylic acid groups (broad SMARTS) is 1. The van der Waals surface area contributed by atoms with E-state index in [4.69, 9.17) is 5.11 Å². The Balaban J connectivity index is 2.97. The topological polar surface area (TPSA) is 78.3 Å². The van der Waals surface area contributed by atoms with Gasteiger partial charge in [-0.3, -0.25) is 4.79 Å². The van der Waals surface area contributed by atoms with Crippen molar-refractivity contribution in [3.63, 3.8) is 0 Å². The average Bonchev–Trinajstić information content (AvgIpc) is 2.23. The average molecular weight is 252 g/mol. The summed E-state index contributed by atoms with van der Waals surface area (Å²) < 4.78 is 0. The normalized spacial score (nSPS) is 11.2. The number of hydrogen-bond donors (Lipinski definition) is 2. The molecule has 0 amide bonds. The van der Waals surface area contributed by atoms with Crippen molar-refractivity contribution >= 4 is 17.6 Å². The molecular weight excluding hydrogens is 232 g/mol. The zero-order valence-electron chi connectivity index (χ0n) is 11.5. The molecule has 0 aromatic carbocycles. The molecule has 1 rings (SSSR count). The number of carboxylic acids is 1. The minimum Gasteiger partial charge on any atom is -0.480 e. The lowest BCUT2D eigenvalue weighted by Crippen LogP contribution is -2.38. The molecule has 0 bridgehead atoms. The van der Waals surface area contributed by atoms with Gasteiger partial charge in [-0.25, -0.2) is 9.97 Å². The summed E-state index contributed by atoms with van der Waals surface area (Å²) in [6.07, 6.45) is 0. The van der Waals surface area contributed by atoms with Crippen LogP contribution in [0.4, 0.5) is 11.6 Å². The van der Waals surface area contributed by atoms with E-state index in [0.29, 0.717) is 11.6 Å². The number of nitrogens with one attached hydrogen (secondary N) is 1. The largest absolute Gasteiger partial charge is 0.480 e. The number of aryl methyl sites for hydroxylation is 1. The van der Waals surface area contributed by atoms with E-state index in [9.17, 15) is 4.79 Å². The van der Waals surface area contributed by atoms with E-state index in [0.717, 1.165) is 5.82 Å². The van der Waals surface area contributed by atoms with Crippen LogP contribution in [0.25, 0.3) is 0 Å². The summed E-state index contributed by atoms with van der Waals surface area (Å²) >= 11 is 0. The van der Waals surface area contributed by atoms with Gasteiger partial charge in [0.2, 0.25) is 0 Å². The Kier molecular flexibility index (Phi) is 4.11. The first-order valence-corrected chi connectivity index (χ1v) is 5.75. The number of nitrogens with zero attached hydrogens (tertiary/aromatic N) is 3. The van der Waals surface area contributed by atoms with E-state index in [-0.39, 0.29) is 12.1 Å². The van der Waals surface area contributed by atoms with Crippen LogP contribution in [0.3, 0.4) is 0 Å². The minimum atomic E-state index is -0.919. The highest BCUT2D eigenvalue weighted by molar-refractivity contribution is 5.72. The fraction of sp³-hybridized carbons (Fsp3) is 0.583. The number of carbonyl (C=O) groups is 1. The van der Waals surface area contributed by atoms with Gasteiger partial charge in [0.05, 0.1) is 0 Å². The summed E-state index contributed by atoms with van der Waals surface area (Å²) in [5.74, 6) is 0.979. The summed E-state index contributed by atoms with van der Waals surface area (Å²) in [7, 11) is 1.95. The van der Waals surface area contributed by atoms with Crippen LogP contribution in [0.15, 0.2) is 6.07 Å². The van der Waals surface area contributed by atoms with Crippen LogP contribution in [0.5, 0.6) is 0 Å².